The quantitative estimate of drug-likeness (QED) is 0.913. The minimum atomic E-state index is -0.440. The summed E-state index contributed by atoms with van der Waals surface area (Å²) in [5.74, 6) is 1.20. The first-order valence-corrected chi connectivity index (χ1v) is 8.81. The van der Waals surface area contributed by atoms with Crippen molar-refractivity contribution in [2.45, 2.75) is 31.6 Å². The van der Waals surface area contributed by atoms with Crippen LogP contribution in [0.3, 0.4) is 0 Å². The first-order chi connectivity index (χ1) is 12.2. The molecule has 0 aromatic carbocycles. The molecule has 2 N–H and O–H groups in total. The van der Waals surface area contributed by atoms with E-state index in [0.29, 0.717) is 18.3 Å². The van der Waals surface area contributed by atoms with Gasteiger partial charge in [0.2, 0.25) is 0 Å². The molecule has 4 heterocycles. The Bertz CT molecular complexity index is 787. The van der Waals surface area contributed by atoms with E-state index in [1.807, 2.05) is 18.6 Å². The summed E-state index contributed by atoms with van der Waals surface area (Å²) in [6, 6.07) is 3.88. The van der Waals surface area contributed by atoms with Crippen LogP contribution in [0.25, 0.3) is 11.1 Å². The van der Waals surface area contributed by atoms with Gasteiger partial charge >= 0.3 is 6.03 Å². The number of primary amides is 1. The van der Waals surface area contributed by atoms with E-state index in [4.69, 9.17) is 10.5 Å². The Morgan fingerprint density at radius 1 is 1.16 bits per heavy atom. The lowest BCUT2D eigenvalue weighted by molar-refractivity contribution is 0.0853. The van der Waals surface area contributed by atoms with Crippen molar-refractivity contribution >= 4 is 11.8 Å². The molecule has 2 amide bonds. The molecule has 2 aliphatic heterocycles. The number of amides is 2. The van der Waals surface area contributed by atoms with Crippen LogP contribution in [0.5, 0.6) is 0 Å². The predicted molar refractivity (Wildman–Crippen MR) is 95.5 cm³/mol. The summed E-state index contributed by atoms with van der Waals surface area (Å²) < 4.78 is 5.45. The van der Waals surface area contributed by atoms with Gasteiger partial charge in [-0.05, 0) is 54.9 Å². The summed E-state index contributed by atoms with van der Waals surface area (Å²) in [7, 11) is 0. The highest BCUT2D eigenvalue weighted by molar-refractivity contribution is 5.91. The molecule has 2 aliphatic rings. The van der Waals surface area contributed by atoms with Gasteiger partial charge in [-0.15, -0.1) is 0 Å². The number of nitrogens with zero attached hydrogens (tertiary/aromatic N) is 3. The molecule has 1 fully saturated rings. The van der Waals surface area contributed by atoms with Gasteiger partial charge in [0.05, 0.1) is 0 Å². The van der Waals surface area contributed by atoms with Crippen LogP contribution in [0.2, 0.25) is 0 Å². The number of aryl methyl sites for hydroxylation is 1. The molecule has 0 unspecified atom stereocenters. The highest BCUT2D eigenvalue weighted by atomic mass is 16.5. The second-order valence-electron chi connectivity index (χ2n) is 6.69. The Balaban J connectivity index is 1.65. The molecular formula is C19H22N4O2. The van der Waals surface area contributed by atoms with E-state index in [-0.39, 0.29) is 0 Å². The molecule has 25 heavy (non-hydrogen) atoms. The minimum absolute atomic E-state index is 0.440. The number of rotatable bonds is 2. The number of carbonyl (C=O) groups is 1. The maximum absolute atomic E-state index is 11.6. The van der Waals surface area contributed by atoms with Crippen molar-refractivity contribution in [3.8, 4) is 11.1 Å². The van der Waals surface area contributed by atoms with E-state index in [9.17, 15) is 4.79 Å². The lowest BCUT2D eigenvalue weighted by Crippen LogP contribution is -2.40. The third-order valence-electron chi connectivity index (χ3n) is 5.08. The Hall–Kier alpha value is -2.47. The van der Waals surface area contributed by atoms with E-state index in [2.05, 4.69) is 22.1 Å². The number of ether oxygens (including phenoxy) is 1. The van der Waals surface area contributed by atoms with E-state index in [1.165, 1.54) is 5.56 Å². The maximum atomic E-state index is 11.6. The largest absolute Gasteiger partial charge is 0.381 e. The zero-order valence-electron chi connectivity index (χ0n) is 14.1. The third kappa shape index (κ3) is 3.22. The predicted octanol–water partition coefficient (Wildman–Crippen LogP) is 2.87. The van der Waals surface area contributed by atoms with Crippen LogP contribution in [0.4, 0.5) is 10.6 Å². The van der Waals surface area contributed by atoms with Crippen molar-refractivity contribution in [3.63, 3.8) is 0 Å². The Kier molecular flexibility index (Phi) is 4.36. The third-order valence-corrected chi connectivity index (χ3v) is 5.08. The van der Waals surface area contributed by atoms with Crippen molar-refractivity contribution in [2.75, 3.05) is 24.7 Å². The number of anilines is 1. The molecule has 0 spiro atoms. The number of nitrogens with two attached hydrogens (primary N) is 1. The number of aromatic nitrogens is 2. The molecule has 1 saturated heterocycles. The first kappa shape index (κ1) is 16.0. The van der Waals surface area contributed by atoms with Crippen molar-refractivity contribution in [1.82, 2.24) is 9.97 Å². The summed E-state index contributed by atoms with van der Waals surface area (Å²) in [4.78, 5) is 22.1. The lowest BCUT2D eigenvalue weighted by Gasteiger charge is -2.27. The van der Waals surface area contributed by atoms with Crippen molar-refractivity contribution < 1.29 is 9.53 Å². The Morgan fingerprint density at radius 2 is 1.96 bits per heavy atom. The molecule has 0 bridgehead atoms. The van der Waals surface area contributed by atoms with Gasteiger partial charge in [0, 0.05) is 49.5 Å². The fraction of sp³-hybridized carbons (Fsp3) is 0.421. The molecule has 0 saturated carbocycles. The van der Waals surface area contributed by atoms with Gasteiger partial charge in [-0.3, -0.25) is 9.88 Å². The van der Waals surface area contributed by atoms with Crippen LogP contribution in [0.15, 0.2) is 30.7 Å². The number of hydrogen-bond acceptors (Lipinski definition) is 4. The zero-order valence-corrected chi connectivity index (χ0v) is 14.1. The molecule has 6 heteroatoms. The van der Waals surface area contributed by atoms with Gasteiger partial charge in [0.1, 0.15) is 5.82 Å². The standard InChI is InChI=1S/C19H22N4O2/c20-19(24)23-5-1-2-14-8-17(12-22-18(14)23)16-9-15(10-21-11-16)13-3-6-25-7-4-13/h8-13H,1-7H2,(H2,20,24). The second-order valence-corrected chi connectivity index (χ2v) is 6.69. The van der Waals surface area contributed by atoms with E-state index >= 15 is 0 Å². The van der Waals surface area contributed by atoms with Crippen molar-refractivity contribution in [3.05, 3.63) is 41.9 Å². The van der Waals surface area contributed by atoms with Crippen LogP contribution in [0.1, 0.15) is 36.3 Å². The summed E-state index contributed by atoms with van der Waals surface area (Å²) in [6.07, 6.45) is 9.54. The van der Waals surface area contributed by atoms with Crippen LogP contribution < -0.4 is 10.6 Å². The normalized spacial score (nSPS) is 18.0. The molecule has 0 atom stereocenters. The highest BCUT2D eigenvalue weighted by Crippen LogP contribution is 2.32. The average molecular weight is 338 g/mol. The summed E-state index contributed by atoms with van der Waals surface area (Å²) in [5.41, 5.74) is 9.89. The first-order valence-electron chi connectivity index (χ1n) is 8.81. The molecule has 6 nitrogen and oxygen atoms in total. The lowest BCUT2D eigenvalue weighted by atomic mass is 9.91. The molecule has 0 radical (unpaired) electrons. The van der Waals surface area contributed by atoms with Gasteiger partial charge in [-0.2, -0.15) is 0 Å². The fourth-order valence-electron chi connectivity index (χ4n) is 3.71. The molecule has 2 aromatic rings. The number of hydrogen-bond donors (Lipinski definition) is 1. The SMILES string of the molecule is NC(=O)N1CCCc2cc(-c3cncc(C4CCOCC4)c3)cnc21. The number of pyridine rings is 2. The van der Waals surface area contributed by atoms with Crippen molar-refractivity contribution in [1.29, 1.82) is 0 Å². The minimum Gasteiger partial charge on any atom is -0.381 e. The molecular weight excluding hydrogens is 316 g/mol. The monoisotopic (exact) mass is 338 g/mol. The summed E-state index contributed by atoms with van der Waals surface area (Å²) >= 11 is 0. The highest BCUT2D eigenvalue weighted by Gasteiger charge is 2.23. The average Bonchev–Trinajstić information content (AvgIpc) is 2.68. The molecule has 4 rings (SSSR count). The van der Waals surface area contributed by atoms with Crippen LogP contribution in [-0.4, -0.2) is 35.8 Å². The van der Waals surface area contributed by atoms with E-state index < -0.39 is 6.03 Å². The molecule has 130 valence electrons. The summed E-state index contributed by atoms with van der Waals surface area (Å²) in [5, 5.41) is 0. The van der Waals surface area contributed by atoms with Gasteiger partial charge in [0.15, 0.2) is 0 Å². The maximum Gasteiger partial charge on any atom is 0.320 e. The smallest absolute Gasteiger partial charge is 0.320 e. The Morgan fingerprint density at radius 3 is 2.76 bits per heavy atom. The van der Waals surface area contributed by atoms with Crippen molar-refractivity contribution in [2.24, 2.45) is 5.73 Å². The van der Waals surface area contributed by atoms with E-state index in [0.717, 1.165) is 55.6 Å². The molecule has 0 aliphatic carbocycles. The van der Waals surface area contributed by atoms with Gasteiger partial charge in [0.25, 0.3) is 0 Å². The van der Waals surface area contributed by atoms with Crippen LogP contribution in [-0.2, 0) is 11.2 Å². The number of carbonyl (C=O) groups excluding carboxylic acids is 1. The zero-order chi connectivity index (χ0) is 17.2. The Labute approximate surface area is 147 Å². The molecule has 2 aromatic heterocycles. The van der Waals surface area contributed by atoms with E-state index in [1.54, 1.807) is 4.90 Å². The fourth-order valence-corrected chi connectivity index (χ4v) is 3.71. The number of fused-ring (bicyclic) bond motifs is 1. The van der Waals surface area contributed by atoms with Gasteiger partial charge < -0.3 is 10.5 Å². The van der Waals surface area contributed by atoms with Crippen LogP contribution in [0, 0.1) is 0 Å². The van der Waals surface area contributed by atoms with Gasteiger partial charge in [-0.25, -0.2) is 9.78 Å². The number of urea groups is 1. The topological polar surface area (TPSA) is 81.3 Å². The summed E-state index contributed by atoms with van der Waals surface area (Å²) in [6.45, 7) is 2.27. The van der Waals surface area contributed by atoms with Gasteiger partial charge in [-0.1, -0.05) is 0 Å². The second kappa shape index (κ2) is 6.80. The van der Waals surface area contributed by atoms with Crippen LogP contribution >= 0.6 is 0 Å².